The van der Waals surface area contributed by atoms with Gasteiger partial charge in [0.1, 0.15) is 5.76 Å². The second kappa shape index (κ2) is 6.16. The van der Waals surface area contributed by atoms with Crippen molar-refractivity contribution in [2.75, 3.05) is 14.2 Å². The van der Waals surface area contributed by atoms with Crippen LogP contribution in [-0.4, -0.2) is 54.5 Å². The Balaban J connectivity index is 1.43. The number of allylic oxidation sites excluding steroid dienone is 3. The summed E-state index contributed by atoms with van der Waals surface area (Å²) in [5.74, 6) is 0.749. The Labute approximate surface area is 142 Å². The van der Waals surface area contributed by atoms with Crippen molar-refractivity contribution in [2.45, 2.75) is 56.7 Å². The standard InChI is InChI=1S/C18H24N4O2/c1-22-12-4-3-5-13(22)9-11(8-12)19-18(23)17-15-7-6-14(24-2)10-16(15)20-21-17/h6-7,11-13H,3-5,8-10H2,1-2H3,(H,19,23). The summed E-state index contributed by atoms with van der Waals surface area (Å²) in [7, 11) is 3.87. The third-order valence-corrected chi connectivity index (χ3v) is 5.77. The highest BCUT2D eigenvalue weighted by atomic mass is 16.5. The highest BCUT2D eigenvalue weighted by Crippen LogP contribution is 2.32. The third kappa shape index (κ3) is 2.69. The number of carbonyl (C=O) groups is 1. The zero-order valence-corrected chi connectivity index (χ0v) is 14.3. The first-order valence-electron chi connectivity index (χ1n) is 8.78. The van der Waals surface area contributed by atoms with E-state index >= 15 is 0 Å². The van der Waals surface area contributed by atoms with Crippen LogP contribution in [0.15, 0.2) is 33.7 Å². The second-order valence-electron chi connectivity index (χ2n) is 7.14. The van der Waals surface area contributed by atoms with E-state index in [1.165, 1.54) is 19.3 Å². The predicted octanol–water partition coefficient (Wildman–Crippen LogP) is 1.79. The molecule has 0 saturated carbocycles. The minimum absolute atomic E-state index is 0.0955. The van der Waals surface area contributed by atoms with Crippen molar-refractivity contribution in [1.82, 2.24) is 10.2 Å². The number of fused-ring (bicyclic) bond motifs is 3. The van der Waals surface area contributed by atoms with E-state index in [1.54, 1.807) is 7.11 Å². The minimum atomic E-state index is -0.0955. The van der Waals surface area contributed by atoms with E-state index in [1.807, 2.05) is 12.2 Å². The Kier molecular flexibility index (Phi) is 4.00. The summed E-state index contributed by atoms with van der Waals surface area (Å²) in [6.45, 7) is 0. The number of ether oxygens (including phenoxy) is 1. The Morgan fingerprint density at radius 3 is 2.71 bits per heavy atom. The Morgan fingerprint density at radius 1 is 1.25 bits per heavy atom. The highest BCUT2D eigenvalue weighted by molar-refractivity contribution is 6.53. The quantitative estimate of drug-likeness (QED) is 0.859. The summed E-state index contributed by atoms with van der Waals surface area (Å²) >= 11 is 0. The Morgan fingerprint density at radius 2 is 2.00 bits per heavy atom. The molecule has 2 bridgehead atoms. The summed E-state index contributed by atoms with van der Waals surface area (Å²) in [6, 6.07) is 1.44. The van der Waals surface area contributed by atoms with Gasteiger partial charge in [0.25, 0.3) is 5.91 Å². The van der Waals surface area contributed by atoms with E-state index in [0.717, 1.165) is 29.9 Å². The summed E-state index contributed by atoms with van der Waals surface area (Å²) in [4.78, 5) is 15.2. The summed E-state index contributed by atoms with van der Waals surface area (Å²) in [6.07, 6.45) is 10.2. The maximum Gasteiger partial charge on any atom is 0.272 e. The number of nitrogens with one attached hydrogen (secondary N) is 1. The lowest BCUT2D eigenvalue weighted by Crippen LogP contribution is -2.56. The lowest BCUT2D eigenvalue weighted by Gasteiger charge is -2.47. The molecule has 1 N–H and O–H groups in total. The molecule has 2 fully saturated rings. The Bertz CT molecular complexity index is 663. The average Bonchev–Trinajstić information content (AvgIpc) is 2.98. The molecule has 6 heteroatoms. The number of rotatable bonds is 3. The van der Waals surface area contributed by atoms with Gasteiger partial charge >= 0.3 is 0 Å². The number of piperidine rings is 2. The number of amides is 1. The maximum absolute atomic E-state index is 12.7. The molecule has 128 valence electrons. The highest BCUT2D eigenvalue weighted by Gasteiger charge is 2.37. The van der Waals surface area contributed by atoms with Crippen molar-refractivity contribution < 1.29 is 9.53 Å². The van der Waals surface area contributed by atoms with Crippen molar-refractivity contribution in [2.24, 2.45) is 10.2 Å². The van der Waals surface area contributed by atoms with Crippen molar-refractivity contribution >= 4 is 17.3 Å². The SMILES string of the molecule is COC1=CC=C2C(=NN=C2C(=O)NC2CC3CCCC(C2)N3C)C1. The van der Waals surface area contributed by atoms with Crippen LogP contribution in [0, 0.1) is 0 Å². The molecule has 1 aliphatic carbocycles. The zero-order valence-electron chi connectivity index (χ0n) is 14.3. The fourth-order valence-electron chi connectivity index (χ4n) is 4.36. The number of hydrogen-bond donors (Lipinski definition) is 1. The van der Waals surface area contributed by atoms with Crippen LogP contribution in [0.25, 0.3) is 0 Å². The van der Waals surface area contributed by atoms with Crippen LogP contribution in [-0.2, 0) is 9.53 Å². The number of hydrogen-bond acceptors (Lipinski definition) is 5. The minimum Gasteiger partial charge on any atom is -0.501 e. The first-order valence-corrected chi connectivity index (χ1v) is 8.78. The first kappa shape index (κ1) is 15.6. The van der Waals surface area contributed by atoms with E-state index < -0.39 is 0 Å². The third-order valence-electron chi connectivity index (χ3n) is 5.77. The van der Waals surface area contributed by atoms with Crippen molar-refractivity contribution in [3.8, 4) is 0 Å². The van der Waals surface area contributed by atoms with Crippen LogP contribution < -0.4 is 5.32 Å². The molecule has 2 unspecified atom stereocenters. The molecule has 4 rings (SSSR count). The van der Waals surface area contributed by atoms with E-state index in [9.17, 15) is 4.79 Å². The van der Waals surface area contributed by atoms with Crippen molar-refractivity contribution in [1.29, 1.82) is 0 Å². The molecule has 2 atom stereocenters. The molecule has 4 aliphatic rings. The lowest BCUT2D eigenvalue weighted by atomic mass is 9.82. The molecule has 3 aliphatic heterocycles. The Hall–Kier alpha value is -1.95. The number of nitrogens with zero attached hydrogens (tertiary/aromatic N) is 3. The fourth-order valence-corrected chi connectivity index (χ4v) is 4.36. The second-order valence-corrected chi connectivity index (χ2v) is 7.14. The van der Waals surface area contributed by atoms with Crippen LogP contribution in [0.1, 0.15) is 38.5 Å². The molecular weight excluding hydrogens is 304 g/mol. The number of methoxy groups -OCH3 is 1. The normalized spacial score (nSPS) is 32.2. The zero-order chi connectivity index (χ0) is 16.7. The maximum atomic E-state index is 12.7. The van der Waals surface area contributed by atoms with Crippen molar-refractivity contribution in [3.05, 3.63) is 23.5 Å². The van der Waals surface area contributed by atoms with Crippen LogP contribution in [0.2, 0.25) is 0 Å². The molecule has 0 aromatic rings. The first-order chi connectivity index (χ1) is 11.7. The fraction of sp³-hybridized carbons (Fsp3) is 0.611. The van der Waals surface area contributed by atoms with Crippen LogP contribution in [0.4, 0.5) is 0 Å². The molecule has 0 aromatic carbocycles. The van der Waals surface area contributed by atoms with Crippen LogP contribution in [0.5, 0.6) is 0 Å². The van der Waals surface area contributed by atoms with Crippen LogP contribution in [0.3, 0.4) is 0 Å². The van der Waals surface area contributed by atoms with Crippen molar-refractivity contribution in [3.63, 3.8) is 0 Å². The summed E-state index contributed by atoms with van der Waals surface area (Å²) < 4.78 is 5.25. The van der Waals surface area contributed by atoms with Gasteiger partial charge in [0.2, 0.25) is 0 Å². The van der Waals surface area contributed by atoms with Gasteiger partial charge in [-0.15, -0.1) is 5.10 Å². The van der Waals surface area contributed by atoms with Crippen LogP contribution >= 0.6 is 0 Å². The van der Waals surface area contributed by atoms with Gasteiger partial charge in [0.05, 0.1) is 19.2 Å². The van der Waals surface area contributed by atoms with Gasteiger partial charge in [-0.2, -0.15) is 5.10 Å². The molecular formula is C18H24N4O2. The largest absolute Gasteiger partial charge is 0.501 e. The van der Waals surface area contributed by atoms with E-state index in [4.69, 9.17) is 4.74 Å². The van der Waals surface area contributed by atoms with Gasteiger partial charge < -0.3 is 15.0 Å². The van der Waals surface area contributed by atoms with E-state index in [2.05, 4.69) is 27.5 Å². The molecule has 0 radical (unpaired) electrons. The van der Waals surface area contributed by atoms with Gasteiger partial charge in [-0.1, -0.05) is 6.42 Å². The summed E-state index contributed by atoms with van der Waals surface area (Å²) in [5, 5.41) is 11.5. The average molecular weight is 328 g/mol. The van der Waals surface area contributed by atoms with E-state index in [-0.39, 0.29) is 11.9 Å². The lowest BCUT2D eigenvalue weighted by molar-refractivity contribution is -0.116. The van der Waals surface area contributed by atoms with Gasteiger partial charge in [-0.25, -0.2) is 0 Å². The van der Waals surface area contributed by atoms with Gasteiger partial charge in [0.15, 0.2) is 5.71 Å². The smallest absolute Gasteiger partial charge is 0.272 e. The molecule has 0 aromatic heterocycles. The number of carbonyl (C=O) groups excluding carboxylic acids is 1. The van der Waals surface area contributed by atoms with Gasteiger partial charge in [-0.3, -0.25) is 4.79 Å². The molecule has 2 saturated heterocycles. The summed E-state index contributed by atoms with van der Waals surface area (Å²) in [5.41, 5.74) is 2.10. The molecule has 1 amide bonds. The molecule has 3 heterocycles. The monoisotopic (exact) mass is 328 g/mol. The molecule has 6 nitrogen and oxygen atoms in total. The topological polar surface area (TPSA) is 66.3 Å². The molecule has 0 spiro atoms. The molecule has 24 heavy (non-hydrogen) atoms. The van der Waals surface area contributed by atoms with E-state index in [0.29, 0.717) is 24.2 Å². The van der Waals surface area contributed by atoms with Gasteiger partial charge in [-0.05, 0) is 44.9 Å². The predicted molar refractivity (Wildman–Crippen MR) is 93.0 cm³/mol. The van der Waals surface area contributed by atoms with Gasteiger partial charge in [0, 0.05) is 23.7 Å².